The summed E-state index contributed by atoms with van der Waals surface area (Å²) in [4.78, 5) is 34.6. The topological polar surface area (TPSA) is 113 Å². The van der Waals surface area contributed by atoms with Gasteiger partial charge in [0.05, 0.1) is 17.4 Å². The summed E-state index contributed by atoms with van der Waals surface area (Å²) < 4.78 is 5.24. The minimum atomic E-state index is -1.26. The van der Waals surface area contributed by atoms with Gasteiger partial charge in [-0.25, -0.2) is 0 Å². The van der Waals surface area contributed by atoms with Gasteiger partial charge in [0.25, 0.3) is 5.69 Å². The fourth-order valence-electron chi connectivity index (χ4n) is 2.61. The predicted molar refractivity (Wildman–Crippen MR) is 106 cm³/mol. The quantitative estimate of drug-likeness (QED) is 0.216. The van der Waals surface area contributed by atoms with Crippen molar-refractivity contribution in [2.45, 2.75) is 50.5 Å². The molecule has 0 saturated carbocycles. The summed E-state index contributed by atoms with van der Waals surface area (Å²) in [5.41, 5.74) is 0.413. The van der Waals surface area contributed by atoms with Crippen molar-refractivity contribution >= 4 is 33.6 Å². The van der Waals surface area contributed by atoms with Gasteiger partial charge in [-0.05, 0) is 45.6 Å². The van der Waals surface area contributed by atoms with Crippen LogP contribution in [0.2, 0.25) is 0 Å². The fraction of sp³-hybridized carbons (Fsp3) is 0.579. The maximum atomic E-state index is 12.0. The Kier molecular flexibility index (Phi) is 9.54. The van der Waals surface area contributed by atoms with E-state index in [-0.39, 0.29) is 23.6 Å². The third kappa shape index (κ3) is 10.4. The largest absolute Gasteiger partial charge is 0.549 e. The zero-order chi connectivity index (χ0) is 21.3. The number of aryl methyl sites for hydroxylation is 1. The molecule has 8 nitrogen and oxygen atoms in total. The zero-order valence-electron chi connectivity index (χ0n) is 16.4. The highest BCUT2D eigenvalue weighted by molar-refractivity contribution is 9.09. The first-order chi connectivity index (χ1) is 13.0. The maximum absolute atomic E-state index is 12.0. The molecule has 0 saturated heterocycles. The second kappa shape index (κ2) is 11.1. The number of hydrogen-bond acceptors (Lipinski definition) is 7. The van der Waals surface area contributed by atoms with E-state index in [1.807, 2.05) is 0 Å². The molecule has 0 aliphatic carbocycles. The molecule has 9 heteroatoms. The molecular weight excluding hydrogens is 432 g/mol. The Morgan fingerprint density at radius 2 is 1.82 bits per heavy atom. The molecule has 0 fully saturated rings. The molecule has 0 aliphatic rings. The highest BCUT2D eigenvalue weighted by atomic mass is 79.9. The van der Waals surface area contributed by atoms with Crippen LogP contribution in [0.3, 0.4) is 0 Å². The van der Waals surface area contributed by atoms with Gasteiger partial charge in [-0.2, -0.15) is 0 Å². The van der Waals surface area contributed by atoms with E-state index in [4.69, 9.17) is 4.74 Å². The lowest BCUT2D eigenvalue weighted by molar-refractivity contribution is -0.384. The highest BCUT2D eigenvalue weighted by Crippen LogP contribution is 2.17. The number of alkyl halides is 1. The van der Waals surface area contributed by atoms with Gasteiger partial charge in [-0.3, -0.25) is 19.8 Å². The lowest BCUT2D eigenvalue weighted by Crippen LogP contribution is -2.44. The van der Waals surface area contributed by atoms with Crippen molar-refractivity contribution in [1.82, 2.24) is 4.90 Å². The first kappa shape index (κ1) is 24.0. The SMILES string of the molecule is CC(C)(C)OC(=O)CN(CC(=O)[O-])CC(Br)CCCc1ccc([N+](=O)[O-])cc1. The number of carboxylic acids is 1. The number of carboxylic acid groups (broad SMARTS) is 1. The number of nitro benzene ring substituents is 1. The van der Waals surface area contributed by atoms with E-state index in [1.165, 1.54) is 17.0 Å². The molecule has 0 radical (unpaired) electrons. The molecular formula is C19H26BrN2O6-. The number of esters is 1. The lowest BCUT2D eigenvalue weighted by atomic mass is 10.1. The van der Waals surface area contributed by atoms with Crippen LogP contribution in [0.1, 0.15) is 39.2 Å². The number of rotatable bonds is 11. The summed E-state index contributed by atoms with van der Waals surface area (Å²) in [6.45, 7) is 5.12. The molecule has 0 heterocycles. The maximum Gasteiger partial charge on any atom is 0.320 e. The molecule has 28 heavy (non-hydrogen) atoms. The summed E-state index contributed by atoms with van der Waals surface area (Å²) >= 11 is 3.53. The Morgan fingerprint density at radius 1 is 1.21 bits per heavy atom. The molecule has 156 valence electrons. The van der Waals surface area contributed by atoms with Crippen molar-refractivity contribution in [2.75, 3.05) is 19.6 Å². The highest BCUT2D eigenvalue weighted by Gasteiger charge is 2.20. The van der Waals surface area contributed by atoms with E-state index in [2.05, 4.69) is 15.9 Å². The van der Waals surface area contributed by atoms with Gasteiger partial charge < -0.3 is 14.6 Å². The van der Waals surface area contributed by atoms with Crippen molar-refractivity contribution in [3.8, 4) is 0 Å². The number of non-ortho nitro benzene ring substituents is 1. The standard InChI is InChI=1S/C19H27BrN2O6/c1-19(2,3)28-18(25)13-21(12-17(23)24)11-15(20)6-4-5-14-7-9-16(10-8-14)22(26)27/h7-10,15H,4-6,11-13H2,1-3H3,(H,23,24)/p-1. The lowest BCUT2D eigenvalue weighted by Gasteiger charge is -2.26. The predicted octanol–water partition coefficient (Wildman–Crippen LogP) is 2.07. The van der Waals surface area contributed by atoms with E-state index in [9.17, 15) is 24.8 Å². The Hall–Kier alpha value is -2.00. The number of carbonyl (C=O) groups excluding carboxylic acids is 2. The van der Waals surface area contributed by atoms with Gasteiger partial charge >= 0.3 is 5.97 Å². The van der Waals surface area contributed by atoms with Crippen LogP contribution in [0.25, 0.3) is 0 Å². The molecule has 1 atom stereocenters. The number of benzene rings is 1. The van der Waals surface area contributed by atoms with Crippen LogP contribution in [0, 0.1) is 10.1 Å². The molecule has 1 unspecified atom stereocenters. The smallest absolute Gasteiger partial charge is 0.320 e. The summed E-state index contributed by atoms with van der Waals surface area (Å²) in [5, 5.41) is 21.6. The minimum Gasteiger partial charge on any atom is -0.549 e. The van der Waals surface area contributed by atoms with Gasteiger partial charge in [0.1, 0.15) is 5.60 Å². The van der Waals surface area contributed by atoms with Crippen LogP contribution in [0.4, 0.5) is 5.69 Å². The number of nitro groups is 1. The first-order valence-corrected chi connectivity index (χ1v) is 9.89. The van der Waals surface area contributed by atoms with Gasteiger partial charge in [0, 0.05) is 30.0 Å². The molecule has 1 aromatic carbocycles. The number of aliphatic carboxylic acids is 1. The Balaban J connectivity index is 2.48. The van der Waals surface area contributed by atoms with Gasteiger partial charge in [-0.15, -0.1) is 0 Å². The molecule has 0 aliphatic heterocycles. The molecule has 0 aromatic heterocycles. The van der Waals surface area contributed by atoms with E-state index in [0.29, 0.717) is 6.54 Å². The van der Waals surface area contributed by atoms with Gasteiger partial charge in [-0.1, -0.05) is 28.1 Å². The van der Waals surface area contributed by atoms with Crippen LogP contribution in [0.5, 0.6) is 0 Å². The van der Waals surface area contributed by atoms with Crippen molar-refractivity contribution in [1.29, 1.82) is 0 Å². The van der Waals surface area contributed by atoms with Crippen LogP contribution in [-0.4, -0.2) is 51.8 Å². The Bertz CT molecular complexity index is 672. The molecule has 0 amide bonds. The van der Waals surface area contributed by atoms with Crippen LogP contribution in [-0.2, 0) is 20.7 Å². The van der Waals surface area contributed by atoms with E-state index in [1.54, 1.807) is 32.9 Å². The van der Waals surface area contributed by atoms with Gasteiger partial charge in [0.15, 0.2) is 0 Å². The summed E-state index contributed by atoms with van der Waals surface area (Å²) in [5.74, 6) is -1.74. The third-order valence-corrected chi connectivity index (χ3v) is 4.46. The summed E-state index contributed by atoms with van der Waals surface area (Å²) in [6, 6.07) is 6.41. The number of nitrogens with zero attached hydrogens (tertiary/aromatic N) is 2. The molecule has 0 N–H and O–H groups in total. The molecule has 1 aromatic rings. The first-order valence-electron chi connectivity index (χ1n) is 8.97. The number of hydrogen-bond donors (Lipinski definition) is 0. The molecule has 0 spiro atoms. The van der Waals surface area contributed by atoms with E-state index < -0.39 is 22.5 Å². The second-order valence-electron chi connectivity index (χ2n) is 7.54. The normalized spacial score (nSPS) is 12.6. The summed E-state index contributed by atoms with van der Waals surface area (Å²) in [6.07, 6.45) is 2.29. The minimum absolute atomic E-state index is 0.0210. The average Bonchev–Trinajstić information content (AvgIpc) is 2.52. The third-order valence-electron chi connectivity index (χ3n) is 3.71. The van der Waals surface area contributed by atoms with Gasteiger partial charge in [0.2, 0.25) is 0 Å². The summed E-state index contributed by atoms with van der Waals surface area (Å²) in [7, 11) is 0. The monoisotopic (exact) mass is 457 g/mol. The van der Waals surface area contributed by atoms with Crippen molar-refractivity contribution in [3.63, 3.8) is 0 Å². The number of carbonyl (C=O) groups is 2. The fourth-order valence-corrected chi connectivity index (χ4v) is 3.34. The van der Waals surface area contributed by atoms with E-state index in [0.717, 1.165) is 24.8 Å². The van der Waals surface area contributed by atoms with Crippen LogP contribution >= 0.6 is 15.9 Å². The molecule has 0 bridgehead atoms. The Labute approximate surface area is 173 Å². The van der Waals surface area contributed by atoms with Crippen LogP contribution < -0.4 is 5.11 Å². The van der Waals surface area contributed by atoms with Crippen molar-refractivity contribution in [2.24, 2.45) is 0 Å². The van der Waals surface area contributed by atoms with Crippen molar-refractivity contribution < 1.29 is 24.4 Å². The zero-order valence-corrected chi connectivity index (χ0v) is 17.9. The van der Waals surface area contributed by atoms with E-state index >= 15 is 0 Å². The van der Waals surface area contributed by atoms with Crippen molar-refractivity contribution in [3.05, 3.63) is 39.9 Å². The average molecular weight is 458 g/mol. The molecule has 1 rings (SSSR count). The number of halogens is 1. The number of ether oxygens (including phenoxy) is 1. The second-order valence-corrected chi connectivity index (χ2v) is 8.84. The van der Waals surface area contributed by atoms with Crippen LogP contribution in [0.15, 0.2) is 24.3 Å². The Morgan fingerprint density at radius 3 is 2.32 bits per heavy atom.